The molecule has 0 bridgehead atoms. The Morgan fingerprint density at radius 3 is 2.33 bits per heavy atom. The molecule has 5 nitrogen and oxygen atoms in total. The number of carbonyl (C=O) groups excluding carboxylic acids is 2. The van der Waals surface area contributed by atoms with Crippen molar-refractivity contribution in [3.05, 3.63) is 29.8 Å². The summed E-state index contributed by atoms with van der Waals surface area (Å²) in [5.74, 6) is 0.815. The molecular weight excluding hydrogens is 268 g/mol. The summed E-state index contributed by atoms with van der Waals surface area (Å²) >= 11 is 0. The minimum atomic E-state index is -0.0240. The Bertz CT molecular complexity index is 508. The van der Waals surface area contributed by atoms with Gasteiger partial charge in [-0.2, -0.15) is 0 Å². The number of piperazine rings is 1. The number of nitrogens with zero attached hydrogens (tertiary/aromatic N) is 2. The van der Waals surface area contributed by atoms with Crippen molar-refractivity contribution in [2.45, 2.75) is 20.3 Å². The molecule has 5 heteroatoms. The SMILES string of the molecule is CCc1ccccc1OCC(=O)N1CCN(C(C)=O)CC1. The van der Waals surface area contributed by atoms with Crippen molar-refractivity contribution in [3.63, 3.8) is 0 Å². The fourth-order valence-electron chi connectivity index (χ4n) is 2.44. The molecule has 114 valence electrons. The summed E-state index contributed by atoms with van der Waals surface area (Å²) in [6, 6.07) is 7.77. The molecule has 0 saturated carbocycles. The van der Waals surface area contributed by atoms with Crippen molar-refractivity contribution in [2.75, 3.05) is 32.8 Å². The lowest BCUT2D eigenvalue weighted by molar-refractivity contribution is -0.139. The molecule has 0 atom stereocenters. The summed E-state index contributed by atoms with van der Waals surface area (Å²) in [6.07, 6.45) is 0.877. The lowest BCUT2D eigenvalue weighted by atomic mass is 10.1. The van der Waals surface area contributed by atoms with Crippen LogP contribution in [0.4, 0.5) is 0 Å². The van der Waals surface area contributed by atoms with E-state index in [1.165, 1.54) is 0 Å². The van der Waals surface area contributed by atoms with E-state index in [0.29, 0.717) is 26.2 Å². The summed E-state index contributed by atoms with van der Waals surface area (Å²) in [7, 11) is 0. The predicted molar refractivity (Wildman–Crippen MR) is 80.1 cm³/mol. The Morgan fingerprint density at radius 2 is 1.71 bits per heavy atom. The van der Waals surface area contributed by atoms with E-state index in [1.807, 2.05) is 24.3 Å². The molecule has 21 heavy (non-hydrogen) atoms. The Balaban J connectivity index is 1.84. The second-order valence-corrected chi connectivity index (χ2v) is 5.14. The quantitative estimate of drug-likeness (QED) is 0.840. The van der Waals surface area contributed by atoms with Crippen LogP contribution in [0.5, 0.6) is 5.75 Å². The third-order valence-electron chi connectivity index (χ3n) is 3.78. The van der Waals surface area contributed by atoms with Gasteiger partial charge in [0.05, 0.1) is 0 Å². The van der Waals surface area contributed by atoms with Crippen LogP contribution in [0.2, 0.25) is 0 Å². The van der Waals surface area contributed by atoms with Crippen molar-refractivity contribution in [3.8, 4) is 5.75 Å². The highest BCUT2D eigenvalue weighted by molar-refractivity contribution is 5.78. The summed E-state index contributed by atoms with van der Waals surface area (Å²) < 4.78 is 5.65. The van der Waals surface area contributed by atoms with Crippen molar-refractivity contribution < 1.29 is 14.3 Å². The van der Waals surface area contributed by atoms with E-state index in [0.717, 1.165) is 17.7 Å². The van der Waals surface area contributed by atoms with Crippen LogP contribution in [0.25, 0.3) is 0 Å². The van der Waals surface area contributed by atoms with E-state index >= 15 is 0 Å². The molecule has 1 aromatic rings. The lowest BCUT2D eigenvalue weighted by Gasteiger charge is -2.34. The van der Waals surface area contributed by atoms with E-state index in [2.05, 4.69) is 6.92 Å². The average molecular weight is 290 g/mol. The summed E-state index contributed by atoms with van der Waals surface area (Å²) in [6.45, 7) is 6.04. The van der Waals surface area contributed by atoms with Crippen LogP contribution in [0, 0.1) is 0 Å². The van der Waals surface area contributed by atoms with Crippen LogP contribution in [-0.2, 0) is 16.0 Å². The largest absolute Gasteiger partial charge is 0.483 e. The zero-order chi connectivity index (χ0) is 15.2. The van der Waals surface area contributed by atoms with Gasteiger partial charge in [-0.3, -0.25) is 9.59 Å². The molecule has 2 amide bonds. The minimum absolute atomic E-state index is 0.0240. The summed E-state index contributed by atoms with van der Waals surface area (Å²) in [4.78, 5) is 26.9. The highest BCUT2D eigenvalue weighted by atomic mass is 16.5. The Kier molecular flexibility index (Phi) is 5.20. The number of aryl methyl sites for hydroxylation is 1. The molecule has 1 heterocycles. The molecule has 1 aromatic carbocycles. The normalized spacial score (nSPS) is 15.0. The van der Waals surface area contributed by atoms with E-state index in [-0.39, 0.29) is 18.4 Å². The van der Waals surface area contributed by atoms with Gasteiger partial charge in [0.1, 0.15) is 5.75 Å². The van der Waals surface area contributed by atoms with Gasteiger partial charge >= 0.3 is 0 Å². The average Bonchev–Trinajstić information content (AvgIpc) is 2.52. The van der Waals surface area contributed by atoms with Crippen LogP contribution < -0.4 is 4.74 Å². The second-order valence-electron chi connectivity index (χ2n) is 5.14. The first-order chi connectivity index (χ1) is 10.1. The van der Waals surface area contributed by atoms with Gasteiger partial charge in [0.2, 0.25) is 5.91 Å². The Hall–Kier alpha value is -2.04. The van der Waals surface area contributed by atoms with E-state index in [4.69, 9.17) is 4.74 Å². The van der Waals surface area contributed by atoms with Crippen LogP contribution in [-0.4, -0.2) is 54.4 Å². The van der Waals surface area contributed by atoms with Gasteiger partial charge in [0.25, 0.3) is 5.91 Å². The number of hydrogen-bond acceptors (Lipinski definition) is 3. The molecular formula is C16H22N2O3. The smallest absolute Gasteiger partial charge is 0.260 e. The third kappa shape index (κ3) is 3.97. The highest BCUT2D eigenvalue weighted by Crippen LogP contribution is 2.18. The predicted octanol–water partition coefficient (Wildman–Crippen LogP) is 1.32. The highest BCUT2D eigenvalue weighted by Gasteiger charge is 2.22. The minimum Gasteiger partial charge on any atom is -0.483 e. The second kappa shape index (κ2) is 7.11. The number of amides is 2. The third-order valence-corrected chi connectivity index (χ3v) is 3.78. The first kappa shape index (κ1) is 15.4. The van der Waals surface area contributed by atoms with E-state index < -0.39 is 0 Å². The van der Waals surface area contributed by atoms with Crippen LogP contribution in [0.15, 0.2) is 24.3 Å². The molecule has 1 aliphatic rings. The number of ether oxygens (including phenoxy) is 1. The number of rotatable bonds is 4. The van der Waals surface area contributed by atoms with E-state index in [9.17, 15) is 9.59 Å². The van der Waals surface area contributed by atoms with Crippen molar-refractivity contribution in [2.24, 2.45) is 0 Å². The topological polar surface area (TPSA) is 49.9 Å². The van der Waals surface area contributed by atoms with Crippen molar-refractivity contribution in [1.82, 2.24) is 9.80 Å². The van der Waals surface area contributed by atoms with Crippen LogP contribution >= 0.6 is 0 Å². The first-order valence-corrected chi connectivity index (χ1v) is 7.35. The lowest BCUT2D eigenvalue weighted by Crippen LogP contribution is -2.51. The molecule has 0 spiro atoms. The summed E-state index contributed by atoms with van der Waals surface area (Å²) in [5.41, 5.74) is 1.10. The number of para-hydroxylation sites is 1. The molecule has 1 aliphatic heterocycles. The molecule has 2 rings (SSSR count). The maximum atomic E-state index is 12.1. The van der Waals surface area contributed by atoms with Crippen LogP contribution in [0.1, 0.15) is 19.4 Å². The Labute approximate surface area is 125 Å². The van der Waals surface area contributed by atoms with Gasteiger partial charge in [0.15, 0.2) is 6.61 Å². The van der Waals surface area contributed by atoms with Gasteiger partial charge in [-0.15, -0.1) is 0 Å². The number of hydrogen-bond donors (Lipinski definition) is 0. The van der Waals surface area contributed by atoms with E-state index in [1.54, 1.807) is 16.7 Å². The van der Waals surface area contributed by atoms with Gasteiger partial charge < -0.3 is 14.5 Å². The van der Waals surface area contributed by atoms with Gasteiger partial charge in [0, 0.05) is 33.1 Å². The first-order valence-electron chi connectivity index (χ1n) is 7.35. The molecule has 1 saturated heterocycles. The standard InChI is InChI=1S/C16H22N2O3/c1-3-14-6-4-5-7-15(14)21-12-16(20)18-10-8-17(9-11-18)13(2)19/h4-7H,3,8-12H2,1-2H3. The van der Waals surface area contributed by atoms with Crippen molar-refractivity contribution in [1.29, 1.82) is 0 Å². The monoisotopic (exact) mass is 290 g/mol. The summed E-state index contributed by atoms with van der Waals surface area (Å²) in [5, 5.41) is 0. The fraction of sp³-hybridized carbons (Fsp3) is 0.500. The molecule has 1 fully saturated rings. The zero-order valence-electron chi connectivity index (χ0n) is 12.7. The maximum Gasteiger partial charge on any atom is 0.260 e. The maximum absolute atomic E-state index is 12.1. The molecule has 0 unspecified atom stereocenters. The molecule has 0 N–H and O–H groups in total. The zero-order valence-corrected chi connectivity index (χ0v) is 12.7. The van der Waals surface area contributed by atoms with Crippen LogP contribution in [0.3, 0.4) is 0 Å². The van der Waals surface area contributed by atoms with Gasteiger partial charge in [-0.05, 0) is 18.1 Å². The van der Waals surface area contributed by atoms with Gasteiger partial charge in [-0.1, -0.05) is 25.1 Å². The number of carbonyl (C=O) groups is 2. The Morgan fingerprint density at radius 1 is 1.10 bits per heavy atom. The molecule has 0 aliphatic carbocycles. The molecule has 0 radical (unpaired) electrons. The molecule has 0 aromatic heterocycles. The fourth-order valence-corrected chi connectivity index (χ4v) is 2.44. The number of benzene rings is 1. The van der Waals surface area contributed by atoms with Gasteiger partial charge in [-0.25, -0.2) is 0 Å². The van der Waals surface area contributed by atoms with Crippen molar-refractivity contribution >= 4 is 11.8 Å².